The van der Waals surface area contributed by atoms with Crippen LogP contribution in [0.2, 0.25) is 0 Å². The first-order valence-corrected chi connectivity index (χ1v) is 17.2. The van der Waals surface area contributed by atoms with Crippen LogP contribution in [0.25, 0.3) is 11.0 Å². The topological polar surface area (TPSA) is 126 Å². The molecule has 0 radical (unpaired) electrons. The SMILES string of the molecule is CC(=O)c1cccc(NC(=O)c2cccc(C3OC(CN4CCC(n5c(=O)[nH]c6ccccc65)CC4)C(C)C(c4ccc(CO)cc4)O3)c2)c1. The lowest BCUT2D eigenvalue weighted by molar-refractivity contribution is -0.276. The van der Waals surface area contributed by atoms with E-state index in [1.54, 1.807) is 36.4 Å². The van der Waals surface area contributed by atoms with Crippen LogP contribution < -0.4 is 11.0 Å². The monoisotopic (exact) mass is 674 g/mol. The minimum Gasteiger partial charge on any atom is -0.392 e. The number of rotatable bonds is 9. The molecule has 2 aliphatic rings. The molecular weight excluding hydrogens is 632 g/mol. The van der Waals surface area contributed by atoms with Gasteiger partial charge in [-0.25, -0.2) is 4.79 Å². The number of anilines is 1. The largest absolute Gasteiger partial charge is 0.392 e. The number of piperidine rings is 1. The van der Waals surface area contributed by atoms with Crippen molar-refractivity contribution in [3.8, 4) is 0 Å². The number of aromatic amines is 1. The molecule has 4 aromatic carbocycles. The summed E-state index contributed by atoms with van der Waals surface area (Å²) in [6, 6.07) is 29.9. The number of Topliss-reactive ketones (excluding diaryl/α,β-unsaturated/α-hetero) is 1. The van der Waals surface area contributed by atoms with Gasteiger partial charge in [0.25, 0.3) is 5.91 Å². The van der Waals surface area contributed by atoms with E-state index in [2.05, 4.69) is 22.1 Å². The fourth-order valence-electron chi connectivity index (χ4n) is 7.23. The third kappa shape index (κ3) is 7.06. The number of likely N-dealkylation sites (tertiary alicyclic amines) is 1. The second-order valence-corrected chi connectivity index (χ2v) is 13.4. The Morgan fingerprint density at radius 1 is 0.880 bits per heavy atom. The van der Waals surface area contributed by atoms with E-state index in [9.17, 15) is 19.5 Å². The number of aliphatic hydroxyl groups is 1. The van der Waals surface area contributed by atoms with Gasteiger partial charge in [0, 0.05) is 54.0 Å². The van der Waals surface area contributed by atoms with Crippen LogP contribution in [0.5, 0.6) is 0 Å². The maximum atomic E-state index is 13.3. The van der Waals surface area contributed by atoms with Gasteiger partial charge in [-0.15, -0.1) is 0 Å². The van der Waals surface area contributed by atoms with Crippen molar-refractivity contribution in [1.29, 1.82) is 0 Å². The van der Waals surface area contributed by atoms with E-state index in [1.807, 2.05) is 65.2 Å². The number of nitrogens with one attached hydrogen (secondary N) is 2. The Hall–Kier alpha value is -4.87. The molecule has 10 nitrogen and oxygen atoms in total. The lowest BCUT2D eigenvalue weighted by Gasteiger charge is -2.44. The molecule has 2 aliphatic heterocycles. The molecule has 0 bridgehead atoms. The first kappa shape index (κ1) is 33.6. The zero-order chi connectivity index (χ0) is 34.8. The van der Waals surface area contributed by atoms with Gasteiger partial charge in [0.05, 0.1) is 29.8 Å². The van der Waals surface area contributed by atoms with Crippen molar-refractivity contribution in [1.82, 2.24) is 14.5 Å². The van der Waals surface area contributed by atoms with E-state index in [-0.39, 0.29) is 48.2 Å². The minimum atomic E-state index is -0.727. The smallest absolute Gasteiger partial charge is 0.326 e. The van der Waals surface area contributed by atoms with Gasteiger partial charge in [0.15, 0.2) is 12.1 Å². The second kappa shape index (κ2) is 14.5. The third-order valence-electron chi connectivity index (χ3n) is 10.1. The molecule has 0 aliphatic carbocycles. The number of amides is 1. The molecule has 50 heavy (non-hydrogen) atoms. The molecule has 10 heteroatoms. The van der Waals surface area contributed by atoms with E-state index >= 15 is 0 Å². The van der Waals surface area contributed by atoms with E-state index in [0.717, 1.165) is 53.7 Å². The number of aliphatic hydroxyl groups excluding tert-OH is 1. The Bertz CT molecular complexity index is 2050. The van der Waals surface area contributed by atoms with Gasteiger partial charge in [-0.05, 0) is 67.3 Å². The van der Waals surface area contributed by atoms with Crippen molar-refractivity contribution in [3.63, 3.8) is 0 Å². The number of H-pyrrole nitrogens is 1. The summed E-state index contributed by atoms with van der Waals surface area (Å²) in [5.74, 6) is -0.380. The van der Waals surface area contributed by atoms with Gasteiger partial charge in [-0.3, -0.25) is 14.2 Å². The summed E-state index contributed by atoms with van der Waals surface area (Å²) in [6.07, 6.45) is 0.494. The number of ether oxygens (including phenoxy) is 2. The molecular formula is C40H42N4O6. The Morgan fingerprint density at radius 2 is 1.62 bits per heavy atom. The molecule has 1 amide bonds. The Balaban J connectivity index is 1.10. The fourth-order valence-corrected chi connectivity index (χ4v) is 7.23. The molecule has 2 saturated heterocycles. The van der Waals surface area contributed by atoms with Gasteiger partial charge in [0.2, 0.25) is 0 Å². The third-order valence-corrected chi connectivity index (χ3v) is 10.1. The number of carbonyl (C=O) groups is 2. The van der Waals surface area contributed by atoms with Crippen LogP contribution in [0.15, 0.2) is 102 Å². The highest BCUT2D eigenvalue weighted by atomic mass is 16.7. The molecule has 4 atom stereocenters. The predicted molar refractivity (Wildman–Crippen MR) is 191 cm³/mol. The molecule has 0 spiro atoms. The Labute approximate surface area is 290 Å². The van der Waals surface area contributed by atoms with E-state index in [1.165, 1.54) is 6.92 Å². The summed E-state index contributed by atoms with van der Waals surface area (Å²) in [6.45, 7) is 5.93. The maximum absolute atomic E-state index is 13.3. The van der Waals surface area contributed by atoms with Crippen LogP contribution in [-0.2, 0) is 16.1 Å². The number of para-hydroxylation sites is 2. The highest BCUT2D eigenvalue weighted by Gasteiger charge is 2.40. The van der Waals surface area contributed by atoms with Crippen molar-refractivity contribution >= 4 is 28.4 Å². The van der Waals surface area contributed by atoms with Gasteiger partial charge in [-0.2, -0.15) is 0 Å². The molecule has 3 N–H and O–H groups in total. The summed E-state index contributed by atoms with van der Waals surface area (Å²) in [5, 5.41) is 12.5. The van der Waals surface area contributed by atoms with Gasteiger partial charge < -0.3 is 29.8 Å². The number of fused-ring (bicyclic) bond motifs is 1. The van der Waals surface area contributed by atoms with Crippen LogP contribution in [0.3, 0.4) is 0 Å². The van der Waals surface area contributed by atoms with Crippen molar-refractivity contribution in [2.45, 2.75) is 57.8 Å². The average Bonchev–Trinajstić information content (AvgIpc) is 3.48. The normalized spacial score (nSPS) is 21.7. The molecule has 5 aromatic rings. The van der Waals surface area contributed by atoms with Crippen LogP contribution in [0.1, 0.15) is 82.5 Å². The van der Waals surface area contributed by atoms with Crippen LogP contribution in [-0.4, -0.2) is 57.0 Å². The van der Waals surface area contributed by atoms with Crippen molar-refractivity contribution < 1.29 is 24.2 Å². The van der Waals surface area contributed by atoms with E-state index in [4.69, 9.17) is 9.47 Å². The van der Waals surface area contributed by atoms with E-state index < -0.39 is 6.29 Å². The molecule has 1 aromatic heterocycles. The predicted octanol–water partition coefficient (Wildman–Crippen LogP) is 6.41. The molecule has 4 unspecified atom stereocenters. The molecule has 3 heterocycles. The number of hydrogen-bond donors (Lipinski definition) is 3. The molecule has 258 valence electrons. The fraction of sp³-hybridized carbons (Fsp3) is 0.325. The highest BCUT2D eigenvalue weighted by molar-refractivity contribution is 6.05. The number of imidazole rings is 1. The summed E-state index contributed by atoms with van der Waals surface area (Å²) < 4.78 is 15.3. The van der Waals surface area contributed by atoms with Crippen molar-refractivity contribution in [3.05, 3.63) is 135 Å². The van der Waals surface area contributed by atoms with Crippen LogP contribution >= 0.6 is 0 Å². The number of nitrogens with zero attached hydrogens (tertiary/aromatic N) is 2. The van der Waals surface area contributed by atoms with Crippen molar-refractivity contribution in [2.75, 3.05) is 25.0 Å². The summed E-state index contributed by atoms with van der Waals surface area (Å²) in [5.41, 5.74) is 5.78. The Morgan fingerprint density at radius 3 is 2.38 bits per heavy atom. The number of hydrogen-bond acceptors (Lipinski definition) is 7. The number of aromatic nitrogens is 2. The lowest BCUT2D eigenvalue weighted by Crippen LogP contribution is -2.47. The number of ketones is 1. The number of carbonyl (C=O) groups excluding carboxylic acids is 2. The quantitative estimate of drug-likeness (QED) is 0.154. The highest BCUT2D eigenvalue weighted by Crippen LogP contribution is 2.42. The van der Waals surface area contributed by atoms with Crippen LogP contribution in [0.4, 0.5) is 5.69 Å². The van der Waals surface area contributed by atoms with Gasteiger partial charge in [-0.1, -0.05) is 67.6 Å². The summed E-state index contributed by atoms with van der Waals surface area (Å²) >= 11 is 0. The standard InChI is InChI=1S/C40H42N4O6/c1-25-36(23-43-19-17-33(18-20-43)44-35-12-4-3-11-34(35)42-40(44)48)49-39(50-37(25)28-15-13-27(24-45)14-16-28)31-9-5-8-30(21-31)38(47)41-32-10-6-7-29(22-32)26(2)46/h3-16,21-22,25,33,36-37,39,45H,17-20,23-24H2,1-2H3,(H,41,47)(H,42,48). The number of benzene rings is 4. The van der Waals surface area contributed by atoms with E-state index in [0.29, 0.717) is 23.4 Å². The summed E-state index contributed by atoms with van der Waals surface area (Å²) in [7, 11) is 0. The van der Waals surface area contributed by atoms with Crippen molar-refractivity contribution in [2.24, 2.45) is 5.92 Å². The molecule has 2 fully saturated rings. The summed E-state index contributed by atoms with van der Waals surface area (Å²) in [4.78, 5) is 43.5. The zero-order valence-electron chi connectivity index (χ0n) is 28.2. The average molecular weight is 675 g/mol. The first-order chi connectivity index (χ1) is 24.3. The second-order valence-electron chi connectivity index (χ2n) is 13.4. The molecule has 0 saturated carbocycles. The van der Waals surface area contributed by atoms with Gasteiger partial charge >= 0.3 is 5.69 Å². The van der Waals surface area contributed by atoms with Crippen LogP contribution in [0, 0.1) is 5.92 Å². The zero-order valence-corrected chi connectivity index (χ0v) is 28.2. The molecule has 7 rings (SSSR count). The van der Waals surface area contributed by atoms with Gasteiger partial charge in [0.1, 0.15) is 0 Å². The Kier molecular flexibility index (Phi) is 9.78. The first-order valence-electron chi connectivity index (χ1n) is 17.2. The minimum absolute atomic E-state index is 0.000204. The lowest BCUT2D eigenvalue weighted by atomic mass is 9.89. The maximum Gasteiger partial charge on any atom is 0.326 e.